The molecule has 0 bridgehead atoms. The normalized spacial score (nSPS) is 21.2. The summed E-state index contributed by atoms with van der Waals surface area (Å²) >= 11 is 2.05. The minimum atomic E-state index is 0.180. The van der Waals surface area contributed by atoms with Crippen LogP contribution in [0.5, 0.6) is 11.5 Å². The molecule has 6 nitrogen and oxygen atoms in total. The fraction of sp³-hybridized carbons (Fsp3) is 0.650. The summed E-state index contributed by atoms with van der Waals surface area (Å²) in [5, 5.41) is 6.97. The molecular formula is C20H34N4O2S. The zero-order chi connectivity index (χ0) is 19.9. The van der Waals surface area contributed by atoms with Gasteiger partial charge in [0.05, 0.1) is 20.3 Å². The van der Waals surface area contributed by atoms with Crippen molar-refractivity contribution < 1.29 is 9.47 Å². The van der Waals surface area contributed by atoms with Crippen LogP contribution >= 0.6 is 11.8 Å². The Balaban J connectivity index is 2.00. The van der Waals surface area contributed by atoms with Crippen molar-refractivity contribution in [2.75, 3.05) is 54.2 Å². The van der Waals surface area contributed by atoms with Crippen molar-refractivity contribution in [2.24, 2.45) is 4.99 Å². The number of hydrogen-bond donors (Lipinski definition) is 2. The molecule has 1 fully saturated rings. The van der Waals surface area contributed by atoms with E-state index >= 15 is 0 Å². The molecule has 1 heterocycles. The molecule has 1 aromatic carbocycles. The lowest BCUT2D eigenvalue weighted by atomic mass is 10.0. The standard InChI is InChI=1S/C20H34N4O2S/c1-20(10-7-11-27-20)14-23-19(21-2)22-13-16(24(3)4)15-8-9-17(25-5)18(12-15)26-6/h8-9,12,16H,7,10-11,13-14H2,1-6H3,(H2,21,22,23). The van der Waals surface area contributed by atoms with E-state index < -0.39 is 0 Å². The average Bonchev–Trinajstić information content (AvgIpc) is 3.10. The first-order valence-electron chi connectivity index (χ1n) is 9.39. The van der Waals surface area contributed by atoms with E-state index in [4.69, 9.17) is 9.47 Å². The van der Waals surface area contributed by atoms with Gasteiger partial charge in [-0.15, -0.1) is 0 Å². The van der Waals surface area contributed by atoms with Gasteiger partial charge in [0.25, 0.3) is 0 Å². The first-order chi connectivity index (χ1) is 12.9. The predicted octanol–water partition coefficient (Wildman–Crippen LogP) is 2.76. The van der Waals surface area contributed by atoms with Gasteiger partial charge in [-0.1, -0.05) is 6.07 Å². The SMILES string of the molecule is CN=C(NCC(c1ccc(OC)c(OC)c1)N(C)C)NCC1(C)CCCS1. The molecule has 0 amide bonds. The fourth-order valence-electron chi connectivity index (χ4n) is 3.32. The molecule has 1 aliphatic rings. The smallest absolute Gasteiger partial charge is 0.191 e. The van der Waals surface area contributed by atoms with Crippen LogP contribution in [0.1, 0.15) is 31.4 Å². The molecule has 0 saturated carbocycles. The molecule has 7 heteroatoms. The van der Waals surface area contributed by atoms with Gasteiger partial charge >= 0.3 is 0 Å². The van der Waals surface area contributed by atoms with Crippen LogP contribution < -0.4 is 20.1 Å². The van der Waals surface area contributed by atoms with Gasteiger partial charge in [-0.2, -0.15) is 11.8 Å². The second-order valence-corrected chi connectivity index (χ2v) is 8.98. The highest BCUT2D eigenvalue weighted by molar-refractivity contribution is 8.00. The van der Waals surface area contributed by atoms with Crippen LogP contribution in [0, 0.1) is 0 Å². The van der Waals surface area contributed by atoms with Crippen LogP contribution in [-0.4, -0.2) is 69.8 Å². The Morgan fingerprint density at radius 2 is 2.00 bits per heavy atom. The van der Waals surface area contributed by atoms with Crippen molar-refractivity contribution >= 4 is 17.7 Å². The summed E-state index contributed by atoms with van der Waals surface area (Å²) in [6, 6.07) is 6.26. The second-order valence-electron chi connectivity index (χ2n) is 7.30. The van der Waals surface area contributed by atoms with Crippen LogP contribution in [0.25, 0.3) is 0 Å². The fourth-order valence-corrected chi connectivity index (χ4v) is 4.56. The minimum Gasteiger partial charge on any atom is -0.493 e. The summed E-state index contributed by atoms with van der Waals surface area (Å²) in [6.07, 6.45) is 2.56. The highest BCUT2D eigenvalue weighted by Crippen LogP contribution is 2.37. The van der Waals surface area contributed by atoms with Crippen LogP contribution in [0.3, 0.4) is 0 Å². The number of likely N-dealkylation sites (N-methyl/N-ethyl adjacent to an activating group) is 1. The number of methoxy groups -OCH3 is 2. The van der Waals surface area contributed by atoms with E-state index in [1.54, 1.807) is 14.2 Å². The third-order valence-electron chi connectivity index (χ3n) is 5.03. The highest BCUT2D eigenvalue weighted by Gasteiger charge is 2.29. The van der Waals surface area contributed by atoms with Gasteiger partial charge in [-0.3, -0.25) is 4.99 Å². The van der Waals surface area contributed by atoms with Crippen molar-refractivity contribution in [3.05, 3.63) is 23.8 Å². The van der Waals surface area contributed by atoms with Crippen LogP contribution in [0.15, 0.2) is 23.2 Å². The predicted molar refractivity (Wildman–Crippen MR) is 115 cm³/mol. The van der Waals surface area contributed by atoms with Gasteiger partial charge in [-0.05, 0) is 57.3 Å². The Morgan fingerprint density at radius 1 is 1.26 bits per heavy atom. The van der Waals surface area contributed by atoms with Gasteiger partial charge < -0.3 is 25.0 Å². The highest BCUT2D eigenvalue weighted by atomic mass is 32.2. The number of nitrogens with zero attached hydrogens (tertiary/aromatic N) is 2. The van der Waals surface area contributed by atoms with Gasteiger partial charge in [0, 0.05) is 24.9 Å². The summed E-state index contributed by atoms with van der Waals surface area (Å²) in [7, 11) is 9.30. The summed E-state index contributed by atoms with van der Waals surface area (Å²) < 4.78 is 11.1. The molecule has 27 heavy (non-hydrogen) atoms. The van der Waals surface area contributed by atoms with E-state index in [0.717, 1.165) is 30.5 Å². The van der Waals surface area contributed by atoms with Crippen molar-refractivity contribution in [3.63, 3.8) is 0 Å². The number of benzene rings is 1. The Labute approximate surface area is 168 Å². The summed E-state index contributed by atoms with van der Waals surface area (Å²) in [5.41, 5.74) is 1.17. The quantitative estimate of drug-likeness (QED) is 0.522. The van der Waals surface area contributed by atoms with E-state index in [1.165, 1.54) is 24.2 Å². The number of rotatable bonds is 8. The van der Waals surface area contributed by atoms with Crippen LogP contribution in [-0.2, 0) is 0 Å². The third-order valence-corrected chi connectivity index (χ3v) is 6.57. The molecule has 0 radical (unpaired) electrons. The Kier molecular flexibility index (Phi) is 8.10. The molecular weight excluding hydrogens is 360 g/mol. The molecule has 152 valence electrons. The maximum atomic E-state index is 5.46. The van der Waals surface area contributed by atoms with Crippen LogP contribution in [0.4, 0.5) is 0 Å². The maximum absolute atomic E-state index is 5.46. The number of nitrogens with one attached hydrogen (secondary N) is 2. The lowest BCUT2D eigenvalue weighted by Crippen LogP contribution is -2.45. The number of thioether (sulfide) groups is 1. The first-order valence-corrected chi connectivity index (χ1v) is 10.4. The van der Waals surface area contributed by atoms with Crippen molar-refractivity contribution in [1.29, 1.82) is 0 Å². The van der Waals surface area contributed by atoms with Gasteiger partial charge in [-0.25, -0.2) is 0 Å². The molecule has 2 rings (SSSR count). The minimum absolute atomic E-state index is 0.180. The molecule has 2 N–H and O–H groups in total. The molecule has 0 aliphatic carbocycles. The Bertz CT molecular complexity index is 630. The van der Waals surface area contributed by atoms with E-state index in [9.17, 15) is 0 Å². The lowest BCUT2D eigenvalue weighted by Gasteiger charge is -2.28. The largest absolute Gasteiger partial charge is 0.493 e. The summed E-state index contributed by atoms with van der Waals surface area (Å²) in [5.74, 6) is 3.59. The Hall–Kier alpha value is -1.60. The molecule has 1 aromatic rings. The molecule has 2 unspecified atom stereocenters. The lowest BCUT2D eigenvalue weighted by molar-refractivity contribution is 0.295. The van der Waals surface area contributed by atoms with E-state index in [1.807, 2.05) is 19.2 Å². The molecule has 2 atom stereocenters. The topological polar surface area (TPSA) is 58.1 Å². The van der Waals surface area contributed by atoms with Crippen molar-refractivity contribution in [2.45, 2.75) is 30.6 Å². The second kappa shape index (κ2) is 10.1. The van der Waals surface area contributed by atoms with Crippen LogP contribution in [0.2, 0.25) is 0 Å². The number of hydrogen-bond acceptors (Lipinski definition) is 5. The number of ether oxygens (including phenoxy) is 2. The van der Waals surface area contributed by atoms with Crippen molar-refractivity contribution in [3.8, 4) is 11.5 Å². The average molecular weight is 395 g/mol. The van der Waals surface area contributed by atoms with E-state index in [-0.39, 0.29) is 6.04 Å². The monoisotopic (exact) mass is 394 g/mol. The van der Waals surface area contributed by atoms with Gasteiger partial charge in [0.2, 0.25) is 0 Å². The van der Waals surface area contributed by atoms with E-state index in [0.29, 0.717) is 4.75 Å². The number of aliphatic imine (C=N–C) groups is 1. The van der Waals surface area contributed by atoms with Crippen molar-refractivity contribution in [1.82, 2.24) is 15.5 Å². The third kappa shape index (κ3) is 5.94. The summed E-state index contributed by atoms with van der Waals surface area (Å²) in [4.78, 5) is 6.58. The summed E-state index contributed by atoms with van der Waals surface area (Å²) in [6.45, 7) is 4.00. The molecule has 0 aromatic heterocycles. The molecule has 1 saturated heterocycles. The molecule has 1 aliphatic heterocycles. The van der Waals surface area contributed by atoms with E-state index in [2.05, 4.69) is 59.4 Å². The Morgan fingerprint density at radius 3 is 2.56 bits per heavy atom. The molecule has 0 spiro atoms. The zero-order valence-corrected chi connectivity index (χ0v) is 18.3. The number of guanidine groups is 1. The zero-order valence-electron chi connectivity index (χ0n) is 17.5. The first kappa shape index (κ1) is 21.7. The maximum Gasteiger partial charge on any atom is 0.191 e. The van der Waals surface area contributed by atoms with Gasteiger partial charge in [0.1, 0.15) is 0 Å². The van der Waals surface area contributed by atoms with Gasteiger partial charge in [0.15, 0.2) is 17.5 Å².